The third kappa shape index (κ3) is 11.0. The molecule has 1 aliphatic carbocycles. The van der Waals surface area contributed by atoms with Crippen LogP contribution in [0.3, 0.4) is 0 Å². The van der Waals surface area contributed by atoms with Crippen LogP contribution in [0.2, 0.25) is 10.0 Å². The third-order valence-electron chi connectivity index (χ3n) is 10.2. The summed E-state index contributed by atoms with van der Waals surface area (Å²) in [6, 6.07) is 16.5. The lowest BCUT2D eigenvalue weighted by Crippen LogP contribution is -2.53. The van der Waals surface area contributed by atoms with E-state index in [2.05, 4.69) is 9.64 Å². The number of pyridine rings is 1. The molecular weight excluding hydrogens is 806 g/mol. The Morgan fingerprint density at radius 3 is 2.26 bits per heavy atom. The van der Waals surface area contributed by atoms with Crippen molar-refractivity contribution in [3.8, 4) is 11.5 Å². The number of amides is 1. The van der Waals surface area contributed by atoms with E-state index in [1.54, 1.807) is 18.2 Å². The highest BCUT2D eigenvalue weighted by molar-refractivity contribution is 6.35. The molecule has 3 aliphatic heterocycles. The quantitative estimate of drug-likeness (QED) is 0.0571. The first-order valence-electron chi connectivity index (χ1n) is 18.5. The van der Waals surface area contributed by atoms with E-state index in [-0.39, 0.29) is 64.3 Å². The normalized spacial score (nSPS) is 18.7. The van der Waals surface area contributed by atoms with E-state index in [4.69, 9.17) is 47.3 Å². The van der Waals surface area contributed by atoms with Crippen molar-refractivity contribution in [2.75, 3.05) is 31.1 Å². The molecule has 1 N–H and O–H groups in total. The predicted octanol–water partition coefficient (Wildman–Crippen LogP) is 8.24. The molecule has 2 bridgehead atoms. The van der Waals surface area contributed by atoms with Gasteiger partial charge in [0.05, 0.1) is 24.4 Å². The summed E-state index contributed by atoms with van der Waals surface area (Å²) in [5.74, 6) is -0.911. The zero-order valence-electron chi connectivity index (χ0n) is 31.0. The first-order valence-corrected chi connectivity index (χ1v) is 19.3. The summed E-state index contributed by atoms with van der Waals surface area (Å²) in [5, 5.41) is 18.9. The molecule has 3 saturated heterocycles. The Morgan fingerprint density at radius 2 is 1.66 bits per heavy atom. The first-order chi connectivity index (χ1) is 27.9. The molecule has 4 aromatic rings. The van der Waals surface area contributed by atoms with E-state index in [0.717, 1.165) is 51.2 Å². The molecule has 4 aliphatic rings. The Bertz CT molecular complexity index is 2050. The number of carbonyl (C=O) groups excluding carboxylic acids is 2. The van der Waals surface area contributed by atoms with E-state index < -0.39 is 30.6 Å². The number of piperidine rings is 3. The smallest absolute Gasteiger partial charge is 0.415 e. The molecule has 1 saturated carbocycles. The largest absolute Gasteiger partial charge is 0.619 e. The van der Waals surface area contributed by atoms with Crippen LogP contribution >= 0.6 is 23.2 Å². The highest BCUT2D eigenvalue weighted by atomic mass is 35.5. The molecule has 4 fully saturated rings. The summed E-state index contributed by atoms with van der Waals surface area (Å²) in [7, 11) is 0. The predicted molar refractivity (Wildman–Crippen MR) is 206 cm³/mol. The fraction of sp³-hybridized carbons (Fsp3) is 0.366. The van der Waals surface area contributed by atoms with Crippen LogP contribution < -0.4 is 19.1 Å². The molecule has 2 atom stereocenters. The van der Waals surface area contributed by atoms with E-state index in [1.807, 2.05) is 0 Å². The lowest BCUT2D eigenvalue weighted by atomic mass is 9.86. The van der Waals surface area contributed by atoms with Gasteiger partial charge in [0.15, 0.2) is 23.9 Å². The first kappa shape index (κ1) is 42.4. The number of esters is 1. The lowest BCUT2D eigenvalue weighted by molar-refractivity contribution is -0.605. The van der Waals surface area contributed by atoms with E-state index in [9.17, 15) is 23.6 Å². The molecule has 308 valence electrons. The number of anilines is 1. The van der Waals surface area contributed by atoms with Crippen molar-refractivity contribution in [3.05, 3.63) is 122 Å². The van der Waals surface area contributed by atoms with Gasteiger partial charge >= 0.3 is 18.7 Å². The Kier molecular flexibility index (Phi) is 14.2. The van der Waals surface area contributed by atoms with Crippen molar-refractivity contribution in [1.82, 2.24) is 4.90 Å². The number of hydrogen-bond acceptors (Lipinski definition) is 9. The Balaban J connectivity index is 0.00000183. The van der Waals surface area contributed by atoms with Crippen LogP contribution in [-0.4, -0.2) is 67.5 Å². The van der Waals surface area contributed by atoms with Crippen molar-refractivity contribution in [2.45, 2.75) is 57.5 Å². The van der Waals surface area contributed by atoms with Gasteiger partial charge in [-0.05, 0) is 98.1 Å². The number of rotatable bonds is 14. The number of carboxylic acid groups (broad SMARTS) is 1. The van der Waals surface area contributed by atoms with Gasteiger partial charge in [0.25, 0.3) is 6.47 Å². The number of fused-ring (bicyclic) bond motifs is 3. The molecule has 1 aromatic heterocycles. The molecule has 0 spiro atoms. The van der Waals surface area contributed by atoms with Gasteiger partial charge in [0.1, 0.15) is 28.1 Å². The summed E-state index contributed by atoms with van der Waals surface area (Å²) in [5.41, 5.74) is 1.47. The van der Waals surface area contributed by atoms with Gasteiger partial charge in [0, 0.05) is 18.5 Å². The van der Waals surface area contributed by atoms with Crippen LogP contribution in [0.15, 0.2) is 79.1 Å². The highest BCUT2D eigenvalue weighted by Crippen LogP contribution is 2.38. The number of nitrogens with zero attached hydrogens (tertiary/aromatic N) is 3. The topological polar surface area (TPSA) is 142 Å². The maximum atomic E-state index is 15.1. The second-order valence-electron chi connectivity index (χ2n) is 14.1. The van der Waals surface area contributed by atoms with Crippen molar-refractivity contribution in [2.24, 2.45) is 11.8 Å². The molecule has 12 nitrogen and oxygen atoms in total. The Morgan fingerprint density at radius 1 is 0.983 bits per heavy atom. The number of para-hydroxylation sites is 1. The number of benzene rings is 3. The van der Waals surface area contributed by atoms with Crippen LogP contribution in [0.1, 0.15) is 58.8 Å². The van der Waals surface area contributed by atoms with Crippen molar-refractivity contribution in [3.63, 3.8) is 0 Å². The molecular formula is C41H40Cl2F3N3O9. The highest BCUT2D eigenvalue weighted by Gasteiger charge is 2.38. The van der Waals surface area contributed by atoms with Gasteiger partial charge in [-0.1, -0.05) is 53.5 Å². The monoisotopic (exact) mass is 845 g/mol. The Hall–Kier alpha value is -5.25. The van der Waals surface area contributed by atoms with Crippen LogP contribution in [-0.2, 0) is 27.2 Å². The van der Waals surface area contributed by atoms with Gasteiger partial charge < -0.3 is 29.3 Å². The van der Waals surface area contributed by atoms with Gasteiger partial charge in [-0.25, -0.2) is 14.0 Å². The number of ether oxygens (including phenoxy) is 4. The number of hydrogen-bond donors (Lipinski definition) is 1. The summed E-state index contributed by atoms with van der Waals surface area (Å²) in [6.07, 6.45) is 3.91. The number of aromatic nitrogens is 1. The molecule has 4 heterocycles. The van der Waals surface area contributed by atoms with Crippen LogP contribution in [0.25, 0.3) is 0 Å². The van der Waals surface area contributed by atoms with Crippen molar-refractivity contribution < 1.29 is 56.3 Å². The average Bonchev–Trinajstić information content (AvgIpc) is 4.03. The van der Waals surface area contributed by atoms with Gasteiger partial charge in [-0.2, -0.15) is 13.5 Å². The Labute approximate surface area is 342 Å². The number of alkyl halides is 2. The van der Waals surface area contributed by atoms with Gasteiger partial charge in [0.2, 0.25) is 0 Å². The maximum absolute atomic E-state index is 15.1. The van der Waals surface area contributed by atoms with E-state index >= 15 is 4.39 Å². The van der Waals surface area contributed by atoms with Crippen LogP contribution in [0, 0.1) is 22.9 Å². The van der Waals surface area contributed by atoms with Gasteiger partial charge in [-0.3, -0.25) is 14.6 Å². The minimum Gasteiger partial charge on any atom is -0.619 e. The third-order valence-corrected chi connectivity index (χ3v) is 10.8. The summed E-state index contributed by atoms with van der Waals surface area (Å²) in [4.78, 5) is 39.2. The second kappa shape index (κ2) is 19.5. The molecule has 1 unspecified atom stereocenters. The standard InChI is InChI=1S/C40H38Cl2F3N3O7.CH2O2/c41-30-20-47(51)21-31(42)29(30)18-35(28-11-12-34(54-39(44)45)36(17-28)52-23-25-5-6-25)53-38(49)27-9-7-24(8-10-27)19-48(33-4-2-1-3-32(33)43)40(50)55-37-22-46-15-13-26(37)14-16-46;2-1-3/h1-4,7-12,17,20-21,25-26,35,37,39H,5-6,13-16,18-19,22-23H2;1H,(H,2,3)/t35?,37-;/m0./s1. The molecule has 0 radical (unpaired) electrons. The minimum absolute atomic E-state index is 0.0298. The zero-order chi connectivity index (χ0) is 41.3. The van der Waals surface area contributed by atoms with Crippen molar-refractivity contribution >= 4 is 47.4 Å². The molecule has 58 heavy (non-hydrogen) atoms. The minimum atomic E-state index is -3.10. The van der Waals surface area contributed by atoms with E-state index in [1.165, 1.54) is 53.4 Å². The van der Waals surface area contributed by atoms with Gasteiger partial charge in [-0.15, -0.1) is 0 Å². The van der Waals surface area contributed by atoms with E-state index in [0.29, 0.717) is 40.5 Å². The van der Waals surface area contributed by atoms with Crippen LogP contribution in [0.4, 0.5) is 23.7 Å². The number of carbonyl (C=O) groups is 3. The molecule has 1 amide bonds. The van der Waals surface area contributed by atoms with Crippen LogP contribution in [0.5, 0.6) is 11.5 Å². The molecule has 3 aromatic carbocycles. The number of halogens is 5. The fourth-order valence-corrected chi connectivity index (χ4v) is 7.54. The zero-order valence-corrected chi connectivity index (χ0v) is 32.5. The van der Waals surface area contributed by atoms with Crippen molar-refractivity contribution in [1.29, 1.82) is 0 Å². The summed E-state index contributed by atoms with van der Waals surface area (Å²) in [6.45, 7) is -0.507. The molecule has 17 heteroatoms. The second-order valence-corrected chi connectivity index (χ2v) is 14.9. The fourth-order valence-electron chi connectivity index (χ4n) is 6.94. The SMILES string of the molecule is O=C(OC(Cc1c(Cl)c[n+]([O-])cc1Cl)c1ccc(OC(F)F)c(OCC2CC2)c1)c1ccc(CN(C(=O)O[C@H]2CN3CCC2CC3)c2ccccc2F)cc1.O=CO. The maximum Gasteiger partial charge on any atom is 0.415 e. The summed E-state index contributed by atoms with van der Waals surface area (Å²) < 4.78 is 64.6. The average molecular weight is 847 g/mol. The summed E-state index contributed by atoms with van der Waals surface area (Å²) >= 11 is 12.8. The lowest BCUT2D eigenvalue weighted by Gasteiger charge is -2.44. The molecule has 8 rings (SSSR count).